The number of benzene rings is 1. The lowest BCUT2D eigenvalue weighted by Crippen LogP contribution is -2.05. The summed E-state index contributed by atoms with van der Waals surface area (Å²) in [6, 6.07) is 7.92. The first-order chi connectivity index (χ1) is 9.74. The quantitative estimate of drug-likeness (QED) is 0.876. The van der Waals surface area contributed by atoms with Gasteiger partial charge < -0.3 is 14.8 Å². The molecule has 5 heteroatoms. The standard InChI is InChI=1S/C15H17BrN2O2/c1-19-14-4-3-11(9-15(14)20-2)5-8-18-13-6-7-17-10-12(13)16/h3-4,6-7,9-10H,5,8H2,1-2H3,(H,17,18). The summed E-state index contributed by atoms with van der Waals surface area (Å²) in [5, 5.41) is 3.37. The van der Waals surface area contributed by atoms with E-state index in [2.05, 4.69) is 26.2 Å². The lowest BCUT2D eigenvalue weighted by molar-refractivity contribution is 0.354. The van der Waals surface area contributed by atoms with Gasteiger partial charge in [-0.25, -0.2) is 0 Å². The van der Waals surface area contributed by atoms with Crippen LogP contribution < -0.4 is 14.8 Å². The number of aromatic nitrogens is 1. The number of halogens is 1. The first kappa shape index (κ1) is 14.7. The van der Waals surface area contributed by atoms with Crippen LogP contribution in [-0.4, -0.2) is 25.7 Å². The molecule has 0 atom stereocenters. The van der Waals surface area contributed by atoms with E-state index in [-0.39, 0.29) is 0 Å². The minimum atomic E-state index is 0.751. The molecule has 1 heterocycles. The third-order valence-electron chi connectivity index (χ3n) is 2.95. The summed E-state index contributed by atoms with van der Waals surface area (Å²) < 4.78 is 11.5. The van der Waals surface area contributed by atoms with Crippen LogP contribution in [0, 0.1) is 0 Å². The molecule has 2 rings (SSSR count). The van der Waals surface area contributed by atoms with Gasteiger partial charge in [0.15, 0.2) is 11.5 Å². The number of anilines is 1. The van der Waals surface area contributed by atoms with Gasteiger partial charge in [0.2, 0.25) is 0 Å². The molecular formula is C15H17BrN2O2. The smallest absolute Gasteiger partial charge is 0.160 e. The molecule has 0 fully saturated rings. The van der Waals surface area contributed by atoms with Crippen LogP contribution >= 0.6 is 15.9 Å². The van der Waals surface area contributed by atoms with Gasteiger partial charge in [-0.05, 0) is 46.1 Å². The Morgan fingerprint density at radius 2 is 1.95 bits per heavy atom. The van der Waals surface area contributed by atoms with Gasteiger partial charge in [0, 0.05) is 18.9 Å². The molecule has 0 radical (unpaired) electrons. The Labute approximate surface area is 127 Å². The van der Waals surface area contributed by atoms with Crippen LogP contribution in [0.1, 0.15) is 5.56 Å². The fourth-order valence-corrected chi connectivity index (χ4v) is 2.29. The van der Waals surface area contributed by atoms with Gasteiger partial charge in [-0.3, -0.25) is 4.98 Å². The van der Waals surface area contributed by atoms with Crippen LogP contribution in [0.25, 0.3) is 0 Å². The Hall–Kier alpha value is -1.75. The lowest BCUT2D eigenvalue weighted by Gasteiger charge is -2.11. The number of pyridine rings is 1. The Morgan fingerprint density at radius 3 is 2.65 bits per heavy atom. The second kappa shape index (κ2) is 7.14. The molecule has 0 bridgehead atoms. The summed E-state index contributed by atoms with van der Waals surface area (Å²) >= 11 is 3.46. The zero-order valence-electron chi connectivity index (χ0n) is 11.5. The van der Waals surface area contributed by atoms with E-state index in [1.165, 1.54) is 5.56 Å². The monoisotopic (exact) mass is 336 g/mol. The molecule has 0 saturated carbocycles. The van der Waals surface area contributed by atoms with Crippen molar-refractivity contribution in [3.63, 3.8) is 0 Å². The van der Waals surface area contributed by atoms with Crippen molar-refractivity contribution in [2.45, 2.75) is 6.42 Å². The average molecular weight is 337 g/mol. The normalized spacial score (nSPS) is 10.2. The van der Waals surface area contributed by atoms with E-state index < -0.39 is 0 Å². The third kappa shape index (κ3) is 3.63. The van der Waals surface area contributed by atoms with Crippen molar-refractivity contribution in [3.8, 4) is 11.5 Å². The van der Waals surface area contributed by atoms with Crippen LogP contribution in [0.3, 0.4) is 0 Å². The summed E-state index contributed by atoms with van der Waals surface area (Å²) in [7, 11) is 3.29. The lowest BCUT2D eigenvalue weighted by atomic mass is 10.1. The van der Waals surface area contributed by atoms with Crippen LogP contribution in [0.5, 0.6) is 11.5 Å². The summed E-state index contributed by atoms with van der Waals surface area (Å²) in [6.07, 6.45) is 4.44. The van der Waals surface area contributed by atoms with Crippen molar-refractivity contribution < 1.29 is 9.47 Å². The Bertz CT molecular complexity index is 576. The molecule has 0 spiro atoms. The van der Waals surface area contributed by atoms with E-state index in [1.54, 1.807) is 26.6 Å². The van der Waals surface area contributed by atoms with Crippen LogP contribution in [0.2, 0.25) is 0 Å². The molecule has 0 unspecified atom stereocenters. The van der Waals surface area contributed by atoms with Crippen molar-refractivity contribution in [3.05, 3.63) is 46.7 Å². The second-order valence-corrected chi connectivity index (χ2v) is 5.08. The Balaban J connectivity index is 1.96. The van der Waals surface area contributed by atoms with E-state index >= 15 is 0 Å². The molecular weight excluding hydrogens is 320 g/mol. The maximum absolute atomic E-state index is 5.30. The highest BCUT2D eigenvalue weighted by atomic mass is 79.9. The Morgan fingerprint density at radius 1 is 1.15 bits per heavy atom. The highest BCUT2D eigenvalue weighted by Gasteiger charge is 2.04. The van der Waals surface area contributed by atoms with Crippen molar-refractivity contribution in [2.75, 3.05) is 26.1 Å². The fraction of sp³-hybridized carbons (Fsp3) is 0.267. The van der Waals surface area contributed by atoms with Crippen LogP contribution in [0.4, 0.5) is 5.69 Å². The van der Waals surface area contributed by atoms with E-state index in [9.17, 15) is 0 Å². The van der Waals surface area contributed by atoms with Gasteiger partial charge in [0.25, 0.3) is 0 Å². The van der Waals surface area contributed by atoms with Crippen molar-refractivity contribution in [2.24, 2.45) is 0 Å². The summed E-state index contributed by atoms with van der Waals surface area (Å²) in [5.74, 6) is 1.51. The molecule has 0 saturated heterocycles. The molecule has 0 amide bonds. The average Bonchev–Trinajstić information content (AvgIpc) is 2.49. The van der Waals surface area contributed by atoms with E-state index in [0.717, 1.165) is 34.6 Å². The molecule has 0 aliphatic heterocycles. The first-order valence-electron chi connectivity index (χ1n) is 6.29. The third-order valence-corrected chi connectivity index (χ3v) is 3.58. The van der Waals surface area contributed by atoms with E-state index in [1.807, 2.05) is 24.3 Å². The highest BCUT2D eigenvalue weighted by molar-refractivity contribution is 9.10. The highest BCUT2D eigenvalue weighted by Crippen LogP contribution is 2.27. The molecule has 1 aromatic heterocycles. The number of nitrogens with one attached hydrogen (secondary N) is 1. The summed E-state index contributed by atoms with van der Waals surface area (Å²) in [6.45, 7) is 0.831. The molecule has 106 valence electrons. The zero-order chi connectivity index (χ0) is 14.4. The van der Waals surface area contributed by atoms with E-state index in [0.29, 0.717) is 0 Å². The molecule has 0 aliphatic carbocycles. The van der Waals surface area contributed by atoms with Crippen LogP contribution in [-0.2, 0) is 6.42 Å². The number of ether oxygens (including phenoxy) is 2. The van der Waals surface area contributed by atoms with Gasteiger partial charge >= 0.3 is 0 Å². The SMILES string of the molecule is COc1ccc(CCNc2ccncc2Br)cc1OC. The van der Waals surface area contributed by atoms with Gasteiger partial charge in [-0.1, -0.05) is 6.07 Å². The second-order valence-electron chi connectivity index (χ2n) is 4.22. The van der Waals surface area contributed by atoms with Crippen molar-refractivity contribution in [1.82, 2.24) is 4.98 Å². The maximum atomic E-state index is 5.30. The first-order valence-corrected chi connectivity index (χ1v) is 7.08. The number of nitrogens with zero attached hydrogens (tertiary/aromatic N) is 1. The molecule has 0 aliphatic rings. The number of rotatable bonds is 6. The van der Waals surface area contributed by atoms with Gasteiger partial charge in [0.1, 0.15) is 0 Å². The van der Waals surface area contributed by atoms with Crippen molar-refractivity contribution >= 4 is 21.6 Å². The fourth-order valence-electron chi connectivity index (χ4n) is 1.90. The minimum Gasteiger partial charge on any atom is -0.493 e. The molecule has 2 aromatic rings. The van der Waals surface area contributed by atoms with Crippen LogP contribution in [0.15, 0.2) is 41.1 Å². The van der Waals surface area contributed by atoms with Crippen molar-refractivity contribution in [1.29, 1.82) is 0 Å². The molecule has 4 nitrogen and oxygen atoms in total. The molecule has 1 aromatic carbocycles. The zero-order valence-corrected chi connectivity index (χ0v) is 13.1. The predicted molar refractivity (Wildman–Crippen MR) is 83.7 cm³/mol. The molecule has 1 N–H and O–H groups in total. The number of hydrogen-bond donors (Lipinski definition) is 1. The summed E-state index contributed by atoms with van der Waals surface area (Å²) in [4.78, 5) is 4.04. The largest absolute Gasteiger partial charge is 0.493 e. The van der Waals surface area contributed by atoms with Gasteiger partial charge in [0.05, 0.1) is 24.4 Å². The van der Waals surface area contributed by atoms with Gasteiger partial charge in [-0.2, -0.15) is 0 Å². The van der Waals surface area contributed by atoms with Gasteiger partial charge in [-0.15, -0.1) is 0 Å². The Kier molecular flexibility index (Phi) is 5.24. The summed E-state index contributed by atoms with van der Waals surface area (Å²) in [5.41, 5.74) is 2.24. The predicted octanol–water partition coefficient (Wildman–Crippen LogP) is 3.52. The molecule has 20 heavy (non-hydrogen) atoms. The van der Waals surface area contributed by atoms with E-state index in [4.69, 9.17) is 9.47 Å². The number of hydrogen-bond acceptors (Lipinski definition) is 4. The topological polar surface area (TPSA) is 43.4 Å². The minimum absolute atomic E-state index is 0.751. The maximum Gasteiger partial charge on any atom is 0.160 e. The number of methoxy groups -OCH3 is 2.